The molecule has 5 nitrogen and oxygen atoms in total. The molecule has 28 heavy (non-hydrogen) atoms. The van der Waals surface area contributed by atoms with Gasteiger partial charge in [0, 0.05) is 0 Å². The van der Waals surface area contributed by atoms with E-state index >= 15 is 0 Å². The highest BCUT2D eigenvalue weighted by Crippen LogP contribution is 2.32. The maximum absolute atomic E-state index is 12.7. The van der Waals surface area contributed by atoms with E-state index in [1.807, 2.05) is 42.5 Å². The number of fused-ring (bicyclic) bond motifs is 1. The third-order valence-corrected chi connectivity index (χ3v) is 6.75. The van der Waals surface area contributed by atoms with Gasteiger partial charge in [0.1, 0.15) is 0 Å². The van der Waals surface area contributed by atoms with E-state index in [0.717, 1.165) is 33.1 Å². The van der Waals surface area contributed by atoms with Gasteiger partial charge < -0.3 is 0 Å². The van der Waals surface area contributed by atoms with Crippen LogP contribution in [-0.4, -0.2) is 23.7 Å². The number of carbonyl (C=O) groups is 1. The van der Waals surface area contributed by atoms with E-state index in [-0.39, 0.29) is 9.22 Å². The van der Waals surface area contributed by atoms with Crippen molar-refractivity contribution in [2.75, 3.05) is 0 Å². The number of rotatable bonds is 4. The molecule has 1 heterocycles. The average Bonchev–Trinajstić information content (AvgIpc) is 2.95. The monoisotopic (exact) mass is 426 g/mol. The fourth-order valence-corrected chi connectivity index (χ4v) is 5.10. The Bertz CT molecular complexity index is 1220. The van der Waals surface area contributed by atoms with Gasteiger partial charge in [-0.15, -0.1) is 4.83 Å². The first-order valence-corrected chi connectivity index (χ1v) is 11.0. The van der Waals surface area contributed by atoms with Crippen molar-refractivity contribution in [1.29, 1.82) is 0 Å². The second-order valence-corrected chi connectivity index (χ2v) is 9.37. The molecule has 0 saturated carbocycles. The maximum Gasteiger partial charge on any atom is 0.281 e. The van der Waals surface area contributed by atoms with Gasteiger partial charge in [-0.3, -0.25) is 4.79 Å². The smallest absolute Gasteiger partial charge is 0.267 e. The van der Waals surface area contributed by atoms with Crippen LogP contribution in [0.15, 0.2) is 82.6 Å². The SMILES string of the molecule is O=C1/C(=C\c2ccc3ccccc3c2)SC(=S)N1NS(=O)(=O)c1ccccc1. The lowest BCUT2D eigenvalue weighted by Gasteiger charge is -2.15. The van der Waals surface area contributed by atoms with Crippen molar-refractivity contribution >= 4 is 61.1 Å². The molecule has 1 amide bonds. The predicted octanol–water partition coefficient (Wildman–Crippen LogP) is 3.93. The first-order valence-electron chi connectivity index (χ1n) is 8.28. The van der Waals surface area contributed by atoms with Gasteiger partial charge in [0.25, 0.3) is 15.9 Å². The summed E-state index contributed by atoms with van der Waals surface area (Å²) in [5.41, 5.74) is 0.838. The van der Waals surface area contributed by atoms with Crippen LogP contribution in [0.1, 0.15) is 5.56 Å². The Morgan fingerprint density at radius 3 is 2.36 bits per heavy atom. The van der Waals surface area contributed by atoms with E-state index in [9.17, 15) is 13.2 Å². The Hall–Kier alpha value is -2.52. The minimum absolute atomic E-state index is 0.0579. The summed E-state index contributed by atoms with van der Waals surface area (Å²) in [7, 11) is -3.91. The number of thiocarbonyl (C=S) groups is 1. The highest BCUT2D eigenvalue weighted by molar-refractivity contribution is 8.26. The Kier molecular flexibility index (Phi) is 5.03. The standard InChI is InChI=1S/C20H14N2O3S3/c23-19-18(13-14-10-11-15-6-4-5-7-16(15)12-14)27-20(26)22(19)21-28(24,25)17-8-2-1-3-9-17/h1-13,21H/b18-13+. The number of benzene rings is 3. The third-order valence-electron chi connectivity index (χ3n) is 4.13. The number of sulfonamides is 1. The van der Waals surface area contributed by atoms with Gasteiger partial charge in [-0.1, -0.05) is 78.6 Å². The molecule has 1 aliphatic rings. The molecule has 1 N–H and O–H groups in total. The van der Waals surface area contributed by atoms with Gasteiger partial charge in [-0.05, 0) is 40.6 Å². The Balaban J connectivity index is 1.60. The molecule has 0 spiro atoms. The van der Waals surface area contributed by atoms with Crippen LogP contribution in [0.2, 0.25) is 0 Å². The number of thioether (sulfide) groups is 1. The van der Waals surface area contributed by atoms with Crippen LogP contribution in [0, 0.1) is 0 Å². The summed E-state index contributed by atoms with van der Waals surface area (Å²) in [4.78, 5) is 15.4. The van der Waals surface area contributed by atoms with Crippen LogP contribution in [0.4, 0.5) is 0 Å². The van der Waals surface area contributed by atoms with E-state index < -0.39 is 15.9 Å². The van der Waals surface area contributed by atoms with E-state index in [4.69, 9.17) is 12.2 Å². The number of nitrogens with zero attached hydrogens (tertiary/aromatic N) is 1. The number of hydrogen-bond donors (Lipinski definition) is 1. The van der Waals surface area contributed by atoms with Gasteiger partial charge >= 0.3 is 0 Å². The second-order valence-electron chi connectivity index (χ2n) is 6.03. The fraction of sp³-hybridized carbons (Fsp3) is 0. The molecule has 0 radical (unpaired) electrons. The molecule has 4 rings (SSSR count). The third kappa shape index (κ3) is 3.72. The zero-order valence-corrected chi connectivity index (χ0v) is 16.9. The molecule has 1 fully saturated rings. The molecule has 0 aromatic heterocycles. The largest absolute Gasteiger partial charge is 0.281 e. The lowest BCUT2D eigenvalue weighted by Crippen LogP contribution is -2.44. The first kappa shape index (κ1) is 18.8. The average molecular weight is 427 g/mol. The number of hydrogen-bond acceptors (Lipinski definition) is 5. The molecular weight excluding hydrogens is 412 g/mol. The second kappa shape index (κ2) is 7.48. The van der Waals surface area contributed by atoms with Gasteiger partial charge in [0.15, 0.2) is 4.32 Å². The predicted molar refractivity (Wildman–Crippen MR) is 116 cm³/mol. The summed E-state index contributed by atoms with van der Waals surface area (Å²) in [6.07, 6.45) is 1.71. The van der Waals surface area contributed by atoms with Crippen molar-refractivity contribution in [3.05, 3.63) is 83.3 Å². The first-order chi connectivity index (χ1) is 13.4. The molecule has 140 valence electrons. The number of carbonyl (C=O) groups excluding carboxylic acids is 1. The normalized spacial score (nSPS) is 16.3. The van der Waals surface area contributed by atoms with E-state index in [1.54, 1.807) is 24.3 Å². The van der Waals surface area contributed by atoms with Crippen molar-refractivity contribution < 1.29 is 13.2 Å². The van der Waals surface area contributed by atoms with Crippen LogP contribution >= 0.6 is 24.0 Å². The molecular formula is C20H14N2O3S3. The zero-order chi connectivity index (χ0) is 19.7. The molecule has 0 atom stereocenters. The summed E-state index contributed by atoms with van der Waals surface area (Å²) in [5.74, 6) is -0.498. The van der Waals surface area contributed by atoms with Crippen LogP contribution in [0.25, 0.3) is 16.8 Å². The highest BCUT2D eigenvalue weighted by atomic mass is 32.2. The number of nitrogens with one attached hydrogen (secondary N) is 1. The Morgan fingerprint density at radius 1 is 0.929 bits per heavy atom. The van der Waals surface area contributed by atoms with Gasteiger partial charge in [-0.25, -0.2) is 13.4 Å². The van der Waals surface area contributed by atoms with Crippen molar-refractivity contribution in [3.63, 3.8) is 0 Å². The summed E-state index contributed by atoms with van der Waals surface area (Å²) < 4.78 is 25.1. The Morgan fingerprint density at radius 2 is 1.61 bits per heavy atom. The lowest BCUT2D eigenvalue weighted by atomic mass is 10.1. The highest BCUT2D eigenvalue weighted by Gasteiger charge is 2.35. The molecule has 0 unspecified atom stereocenters. The van der Waals surface area contributed by atoms with Crippen LogP contribution < -0.4 is 4.83 Å². The quantitative estimate of drug-likeness (QED) is 0.506. The van der Waals surface area contributed by atoms with Crippen LogP contribution in [0.5, 0.6) is 0 Å². The lowest BCUT2D eigenvalue weighted by molar-refractivity contribution is -0.123. The summed E-state index contributed by atoms with van der Waals surface area (Å²) in [6, 6.07) is 21.6. The van der Waals surface area contributed by atoms with Gasteiger partial charge in [-0.2, -0.15) is 0 Å². The van der Waals surface area contributed by atoms with E-state index in [0.29, 0.717) is 4.91 Å². The molecule has 0 bridgehead atoms. The van der Waals surface area contributed by atoms with Gasteiger partial charge in [0.2, 0.25) is 0 Å². The molecule has 3 aromatic carbocycles. The van der Waals surface area contributed by atoms with Crippen molar-refractivity contribution in [2.45, 2.75) is 4.90 Å². The topological polar surface area (TPSA) is 66.5 Å². The van der Waals surface area contributed by atoms with E-state index in [1.165, 1.54) is 12.1 Å². The molecule has 1 saturated heterocycles. The summed E-state index contributed by atoms with van der Waals surface area (Å²) in [5, 5.41) is 3.05. The molecule has 0 aliphatic carbocycles. The fourth-order valence-electron chi connectivity index (χ4n) is 2.77. The molecule has 1 aliphatic heterocycles. The van der Waals surface area contributed by atoms with Crippen molar-refractivity contribution in [3.8, 4) is 0 Å². The van der Waals surface area contributed by atoms with Crippen molar-refractivity contribution in [2.24, 2.45) is 0 Å². The zero-order valence-electron chi connectivity index (χ0n) is 14.4. The molecule has 3 aromatic rings. The molecule has 8 heteroatoms. The van der Waals surface area contributed by atoms with Crippen molar-refractivity contribution in [1.82, 2.24) is 9.84 Å². The summed E-state index contributed by atoms with van der Waals surface area (Å²) >= 11 is 6.27. The van der Waals surface area contributed by atoms with Gasteiger partial charge in [0.05, 0.1) is 9.80 Å². The van der Waals surface area contributed by atoms with E-state index in [2.05, 4.69) is 4.83 Å². The number of amides is 1. The van der Waals surface area contributed by atoms with Crippen LogP contribution in [-0.2, 0) is 14.8 Å². The minimum Gasteiger partial charge on any atom is -0.267 e. The Labute approximate surface area is 172 Å². The number of hydrazine groups is 1. The summed E-state index contributed by atoms with van der Waals surface area (Å²) in [6.45, 7) is 0. The minimum atomic E-state index is -3.91. The maximum atomic E-state index is 12.7. The van der Waals surface area contributed by atoms with Crippen LogP contribution in [0.3, 0.4) is 0 Å².